The van der Waals surface area contributed by atoms with E-state index in [1.54, 1.807) is 5.20 Å². The maximum Gasteiger partial charge on any atom is 0.241 e. The molecule has 0 aliphatic rings. The third kappa shape index (κ3) is 12.0. The summed E-state index contributed by atoms with van der Waals surface area (Å²) in [5.41, 5.74) is 2.93. The van der Waals surface area contributed by atoms with Gasteiger partial charge in [0.2, 0.25) is 8.32 Å². The SMILES string of the molecule is CC(C)=CCC/C(C)=C/CC/C(=C/O[Si](C)(C)C)[Si](C)(C)C. The number of hydrogen-bond acceptors (Lipinski definition) is 1. The zero-order chi connectivity index (χ0) is 17.4. The molecule has 0 fully saturated rings. The van der Waals surface area contributed by atoms with Crippen molar-refractivity contribution < 1.29 is 4.43 Å². The van der Waals surface area contributed by atoms with E-state index in [1.807, 2.05) is 0 Å². The second-order valence-corrected chi connectivity index (χ2v) is 18.1. The van der Waals surface area contributed by atoms with Crippen LogP contribution in [-0.4, -0.2) is 16.4 Å². The van der Waals surface area contributed by atoms with Gasteiger partial charge in [-0.3, -0.25) is 0 Å². The molecule has 0 aliphatic carbocycles. The summed E-state index contributed by atoms with van der Waals surface area (Å²) in [6, 6.07) is 0. The van der Waals surface area contributed by atoms with Crippen LogP contribution in [0.4, 0.5) is 0 Å². The Kier molecular flexibility index (Phi) is 9.32. The summed E-state index contributed by atoms with van der Waals surface area (Å²) in [5.74, 6) is 0. The van der Waals surface area contributed by atoms with Crippen LogP contribution in [0.3, 0.4) is 0 Å². The van der Waals surface area contributed by atoms with Crippen LogP contribution in [0.2, 0.25) is 39.3 Å². The van der Waals surface area contributed by atoms with E-state index in [0.29, 0.717) is 0 Å². The fourth-order valence-corrected chi connectivity index (χ4v) is 3.94. The normalized spacial score (nSPS) is 14.0. The quantitative estimate of drug-likeness (QED) is 0.248. The molecule has 0 aliphatic heterocycles. The van der Waals surface area contributed by atoms with Crippen LogP contribution in [0.1, 0.15) is 46.5 Å². The van der Waals surface area contributed by atoms with Crippen molar-refractivity contribution in [2.75, 3.05) is 0 Å². The third-order valence-electron chi connectivity index (χ3n) is 3.52. The van der Waals surface area contributed by atoms with Gasteiger partial charge in [0, 0.05) is 0 Å². The summed E-state index contributed by atoms with van der Waals surface area (Å²) in [4.78, 5) is 0. The van der Waals surface area contributed by atoms with E-state index >= 15 is 0 Å². The lowest BCUT2D eigenvalue weighted by Gasteiger charge is -2.24. The zero-order valence-electron chi connectivity index (χ0n) is 16.5. The maximum absolute atomic E-state index is 6.05. The molecule has 0 amide bonds. The molecule has 0 heterocycles. The number of hydrogen-bond donors (Lipinski definition) is 0. The fourth-order valence-electron chi connectivity index (χ4n) is 2.02. The molecule has 128 valence electrons. The number of allylic oxidation sites excluding steroid dienone is 5. The van der Waals surface area contributed by atoms with Gasteiger partial charge in [-0.15, -0.1) is 0 Å². The third-order valence-corrected chi connectivity index (χ3v) is 6.64. The Morgan fingerprint density at radius 1 is 0.818 bits per heavy atom. The van der Waals surface area contributed by atoms with Gasteiger partial charge in [0.15, 0.2) is 0 Å². The van der Waals surface area contributed by atoms with Crippen molar-refractivity contribution in [3.05, 3.63) is 34.8 Å². The van der Waals surface area contributed by atoms with Gasteiger partial charge in [-0.1, -0.05) is 42.9 Å². The molecular weight excluding hydrogens is 300 g/mol. The lowest BCUT2D eigenvalue weighted by molar-refractivity contribution is 0.474. The molecule has 0 N–H and O–H groups in total. The van der Waals surface area contributed by atoms with Gasteiger partial charge in [-0.25, -0.2) is 0 Å². The number of rotatable bonds is 9. The minimum atomic E-state index is -1.46. The van der Waals surface area contributed by atoms with Gasteiger partial charge >= 0.3 is 0 Å². The molecule has 22 heavy (non-hydrogen) atoms. The van der Waals surface area contributed by atoms with Crippen LogP contribution in [0.15, 0.2) is 34.8 Å². The molecule has 3 heteroatoms. The van der Waals surface area contributed by atoms with Gasteiger partial charge < -0.3 is 4.43 Å². The minimum absolute atomic E-state index is 1.14. The molecule has 0 aromatic rings. The van der Waals surface area contributed by atoms with Crippen LogP contribution in [-0.2, 0) is 4.43 Å². The van der Waals surface area contributed by atoms with E-state index in [1.165, 1.54) is 24.0 Å². The smallest absolute Gasteiger partial charge is 0.241 e. The van der Waals surface area contributed by atoms with Crippen LogP contribution in [0.25, 0.3) is 0 Å². The maximum atomic E-state index is 6.05. The molecule has 0 saturated heterocycles. The van der Waals surface area contributed by atoms with E-state index in [4.69, 9.17) is 4.43 Å². The van der Waals surface area contributed by atoms with Gasteiger partial charge in [-0.05, 0) is 71.3 Å². The van der Waals surface area contributed by atoms with E-state index in [0.717, 1.165) is 12.8 Å². The van der Waals surface area contributed by atoms with E-state index in [-0.39, 0.29) is 0 Å². The lowest BCUT2D eigenvalue weighted by atomic mass is 10.1. The first-order chi connectivity index (χ1) is 9.92. The van der Waals surface area contributed by atoms with Crippen molar-refractivity contribution in [1.29, 1.82) is 0 Å². The topological polar surface area (TPSA) is 9.23 Å². The molecule has 0 rings (SSSR count). The first-order valence-corrected chi connectivity index (χ1v) is 15.5. The van der Waals surface area contributed by atoms with Gasteiger partial charge in [-0.2, -0.15) is 0 Å². The van der Waals surface area contributed by atoms with Crippen molar-refractivity contribution in [3.8, 4) is 0 Å². The first-order valence-electron chi connectivity index (χ1n) is 8.58. The average Bonchev–Trinajstić information content (AvgIpc) is 2.30. The van der Waals surface area contributed by atoms with Crippen LogP contribution in [0, 0.1) is 0 Å². The Hall–Kier alpha value is -0.546. The Morgan fingerprint density at radius 3 is 1.82 bits per heavy atom. The molecule has 1 nitrogen and oxygen atoms in total. The van der Waals surface area contributed by atoms with Crippen LogP contribution < -0.4 is 0 Å². The fraction of sp³-hybridized carbons (Fsp3) is 0.684. The predicted molar refractivity (Wildman–Crippen MR) is 108 cm³/mol. The zero-order valence-corrected chi connectivity index (χ0v) is 18.5. The molecule has 0 saturated carbocycles. The molecule has 0 unspecified atom stereocenters. The molecule has 0 spiro atoms. The van der Waals surface area contributed by atoms with Gasteiger partial charge in [0.1, 0.15) is 0 Å². The van der Waals surface area contributed by atoms with E-state index in [9.17, 15) is 0 Å². The van der Waals surface area contributed by atoms with E-state index < -0.39 is 16.4 Å². The summed E-state index contributed by atoms with van der Waals surface area (Å²) in [7, 11) is -2.74. The van der Waals surface area contributed by atoms with Crippen molar-refractivity contribution >= 4 is 16.4 Å². The molecule has 0 aromatic carbocycles. The largest absolute Gasteiger partial charge is 0.550 e. The Balaban J connectivity index is 4.55. The van der Waals surface area contributed by atoms with Crippen molar-refractivity contribution in [1.82, 2.24) is 0 Å². The van der Waals surface area contributed by atoms with Crippen molar-refractivity contribution in [2.45, 2.75) is 85.7 Å². The minimum Gasteiger partial charge on any atom is -0.550 e. The summed E-state index contributed by atoms with van der Waals surface area (Å²) < 4.78 is 6.05. The summed E-state index contributed by atoms with van der Waals surface area (Å²) in [6.45, 7) is 20.6. The monoisotopic (exact) mass is 338 g/mol. The predicted octanol–water partition coefficient (Wildman–Crippen LogP) is 7.07. The van der Waals surface area contributed by atoms with E-state index in [2.05, 4.69) is 78.5 Å². The van der Waals surface area contributed by atoms with Crippen molar-refractivity contribution in [3.63, 3.8) is 0 Å². The molecule has 0 radical (unpaired) electrons. The molecule has 0 atom stereocenters. The standard InChI is InChI=1S/C19H38OSi2/c1-17(2)12-10-13-18(3)14-11-15-19(21(4,5)6)16-20-22(7,8)9/h12,14,16H,10-11,13,15H2,1-9H3/b18-14+,19-16-. The van der Waals surface area contributed by atoms with Crippen molar-refractivity contribution in [2.24, 2.45) is 0 Å². The molecule has 0 bridgehead atoms. The van der Waals surface area contributed by atoms with Crippen LogP contribution in [0.5, 0.6) is 0 Å². The first kappa shape index (κ1) is 21.5. The highest BCUT2D eigenvalue weighted by atomic mass is 28.4. The van der Waals surface area contributed by atoms with Crippen LogP contribution >= 0.6 is 0 Å². The lowest BCUT2D eigenvalue weighted by Crippen LogP contribution is -2.27. The summed E-state index contributed by atoms with van der Waals surface area (Å²) in [6.07, 6.45) is 11.5. The Labute approximate surface area is 141 Å². The van der Waals surface area contributed by atoms with Gasteiger partial charge in [0.05, 0.1) is 14.3 Å². The summed E-state index contributed by atoms with van der Waals surface area (Å²) >= 11 is 0. The second kappa shape index (κ2) is 9.56. The molecular formula is C19H38OSi2. The Morgan fingerprint density at radius 2 is 1.36 bits per heavy atom. The summed E-state index contributed by atoms with van der Waals surface area (Å²) in [5, 5.41) is 1.56. The highest BCUT2D eigenvalue weighted by Crippen LogP contribution is 2.22. The highest BCUT2D eigenvalue weighted by Gasteiger charge is 2.21. The van der Waals surface area contributed by atoms with Gasteiger partial charge in [0.25, 0.3) is 0 Å². The molecule has 0 aromatic heterocycles. The second-order valence-electron chi connectivity index (χ2n) is 8.53. The average molecular weight is 339 g/mol. The highest BCUT2D eigenvalue weighted by molar-refractivity contribution is 6.83. The Bertz CT molecular complexity index is 414.